The Labute approximate surface area is 175 Å². The van der Waals surface area contributed by atoms with E-state index in [0.717, 1.165) is 4.47 Å². The maximum atomic E-state index is 12.7. The number of nitrogens with zero attached hydrogens (tertiary/aromatic N) is 8. The molecule has 13 heteroatoms. The molecule has 1 fully saturated rings. The van der Waals surface area contributed by atoms with E-state index in [0.29, 0.717) is 25.5 Å². The van der Waals surface area contributed by atoms with Crippen LogP contribution in [0.15, 0.2) is 46.4 Å². The number of hydrogen-bond donors (Lipinski definition) is 0. The molecule has 11 nitrogen and oxygen atoms in total. The monoisotopic (exact) mass is 482 g/mol. The first-order valence-corrected chi connectivity index (χ1v) is 11.1. The first kappa shape index (κ1) is 19.8. The lowest BCUT2D eigenvalue weighted by molar-refractivity contribution is 0.0691. The molecule has 1 aliphatic heterocycles. The van der Waals surface area contributed by atoms with Crippen LogP contribution in [0.2, 0.25) is 0 Å². The highest BCUT2D eigenvalue weighted by atomic mass is 79.9. The standard InChI is InChI=1S/C16H19BrN8O3S/c1-21-11-14(9-18-21)29(27,28)25-6-4-22(5-7-25)16(26)15-2-3-23(20-15)12-24-10-13(17)8-19-24/h2-3,8-11H,4-7,12H2,1H3. The van der Waals surface area contributed by atoms with Crippen LogP contribution in [0.5, 0.6) is 0 Å². The van der Waals surface area contributed by atoms with E-state index in [1.807, 2.05) is 6.20 Å². The van der Waals surface area contributed by atoms with Gasteiger partial charge in [0.05, 0.1) is 16.9 Å². The minimum Gasteiger partial charge on any atom is -0.335 e. The van der Waals surface area contributed by atoms with Crippen LogP contribution in [0.25, 0.3) is 0 Å². The van der Waals surface area contributed by atoms with Crippen LogP contribution in [0.1, 0.15) is 10.5 Å². The van der Waals surface area contributed by atoms with Crippen molar-refractivity contribution in [1.29, 1.82) is 0 Å². The van der Waals surface area contributed by atoms with Gasteiger partial charge in [0.2, 0.25) is 10.0 Å². The molecule has 0 N–H and O–H groups in total. The van der Waals surface area contributed by atoms with Crippen LogP contribution in [0, 0.1) is 0 Å². The zero-order valence-electron chi connectivity index (χ0n) is 15.6. The molecule has 0 unspecified atom stereocenters. The van der Waals surface area contributed by atoms with Gasteiger partial charge in [-0.2, -0.15) is 19.6 Å². The van der Waals surface area contributed by atoms with Crippen LogP contribution in [-0.4, -0.2) is 79.1 Å². The highest BCUT2D eigenvalue weighted by molar-refractivity contribution is 9.10. The van der Waals surface area contributed by atoms with Crippen molar-refractivity contribution >= 4 is 31.9 Å². The van der Waals surface area contributed by atoms with Gasteiger partial charge in [-0.1, -0.05) is 0 Å². The number of carbonyl (C=O) groups excluding carboxylic acids is 1. The second-order valence-electron chi connectivity index (χ2n) is 6.63. The Morgan fingerprint density at radius 2 is 1.86 bits per heavy atom. The molecule has 29 heavy (non-hydrogen) atoms. The molecule has 0 aromatic carbocycles. The average molecular weight is 483 g/mol. The predicted molar refractivity (Wildman–Crippen MR) is 105 cm³/mol. The smallest absolute Gasteiger partial charge is 0.274 e. The number of hydrogen-bond acceptors (Lipinski definition) is 6. The number of piperazine rings is 1. The Kier molecular flexibility index (Phi) is 5.27. The van der Waals surface area contributed by atoms with Crippen molar-refractivity contribution in [1.82, 2.24) is 38.5 Å². The quantitative estimate of drug-likeness (QED) is 0.514. The number of aromatic nitrogens is 6. The molecule has 0 spiro atoms. The van der Waals surface area contributed by atoms with Crippen LogP contribution < -0.4 is 0 Å². The molecule has 3 aromatic heterocycles. The first-order valence-electron chi connectivity index (χ1n) is 8.82. The molecule has 4 rings (SSSR count). The minimum atomic E-state index is -3.60. The van der Waals surface area contributed by atoms with Crippen LogP contribution in [0.3, 0.4) is 0 Å². The number of aryl methyl sites for hydroxylation is 1. The van der Waals surface area contributed by atoms with Gasteiger partial charge in [-0.25, -0.2) is 13.1 Å². The lowest BCUT2D eigenvalue weighted by Gasteiger charge is -2.33. The highest BCUT2D eigenvalue weighted by Crippen LogP contribution is 2.17. The second-order valence-corrected chi connectivity index (χ2v) is 9.48. The van der Waals surface area contributed by atoms with Gasteiger partial charge in [0.15, 0.2) is 0 Å². The maximum absolute atomic E-state index is 12.7. The summed E-state index contributed by atoms with van der Waals surface area (Å²) in [5.41, 5.74) is 0.319. The number of sulfonamides is 1. The molecule has 0 saturated carbocycles. The topological polar surface area (TPSA) is 111 Å². The summed E-state index contributed by atoms with van der Waals surface area (Å²) in [6, 6.07) is 1.65. The molecule has 0 atom stereocenters. The van der Waals surface area contributed by atoms with Crippen LogP contribution in [0.4, 0.5) is 0 Å². The third-order valence-corrected chi connectivity index (χ3v) is 6.86. The summed E-state index contributed by atoms with van der Waals surface area (Å²) >= 11 is 3.34. The fourth-order valence-corrected chi connectivity index (χ4v) is 4.83. The van der Waals surface area contributed by atoms with Crippen molar-refractivity contribution < 1.29 is 13.2 Å². The molecular formula is C16H19BrN8O3S. The Morgan fingerprint density at radius 3 is 2.48 bits per heavy atom. The van der Waals surface area contributed by atoms with Crippen molar-refractivity contribution in [3.05, 3.63) is 47.2 Å². The summed E-state index contributed by atoms with van der Waals surface area (Å²) in [4.78, 5) is 14.5. The molecule has 0 radical (unpaired) electrons. The van der Waals surface area contributed by atoms with E-state index in [1.54, 1.807) is 39.8 Å². The van der Waals surface area contributed by atoms with Gasteiger partial charge in [0, 0.05) is 51.8 Å². The van der Waals surface area contributed by atoms with Crippen molar-refractivity contribution in [3.63, 3.8) is 0 Å². The first-order chi connectivity index (χ1) is 13.8. The van der Waals surface area contributed by atoms with Gasteiger partial charge in [0.1, 0.15) is 17.3 Å². The Morgan fingerprint density at radius 1 is 1.10 bits per heavy atom. The lowest BCUT2D eigenvalue weighted by atomic mass is 10.3. The van der Waals surface area contributed by atoms with E-state index in [1.165, 1.54) is 21.4 Å². The molecule has 0 aliphatic carbocycles. The van der Waals surface area contributed by atoms with Crippen LogP contribution in [-0.2, 0) is 23.7 Å². The third kappa shape index (κ3) is 4.11. The van der Waals surface area contributed by atoms with E-state index in [2.05, 4.69) is 31.2 Å². The van der Waals surface area contributed by atoms with Gasteiger partial charge in [-0.15, -0.1) is 0 Å². The summed E-state index contributed by atoms with van der Waals surface area (Å²) in [5.74, 6) is -0.219. The Balaban J connectivity index is 1.38. The fourth-order valence-electron chi connectivity index (χ4n) is 3.09. The summed E-state index contributed by atoms with van der Waals surface area (Å²) in [7, 11) is -1.94. The molecule has 4 heterocycles. The lowest BCUT2D eigenvalue weighted by Crippen LogP contribution is -2.50. The molecule has 0 bridgehead atoms. The minimum absolute atomic E-state index is 0.156. The molecule has 1 saturated heterocycles. The zero-order chi connectivity index (χ0) is 20.6. The van der Waals surface area contributed by atoms with E-state index < -0.39 is 10.0 Å². The van der Waals surface area contributed by atoms with Gasteiger partial charge in [-0.3, -0.25) is 14.2 Å². The summed E-state index contributed by atoms with van der Waals surface area (Å²) < 4.78 is 32.3. The molecule has 3 aromatic rings. The number of amides is 1. The second kappa shape index (κ2) is 7.72. The number of rotatable bonds is 5. The SMILES string of the molecule is Cn1cc(S(=O)(=O)N2CCN(C(=O)c3ccn(Cn4cc(Br)cn4)n3)CC2)cn1. The molecule has 1 amide bonds. The largest absolute Gasteiger partial charge is 0.335 e. The summed E-state index contributed by atoms with van der Waals surface area (Å²) in [6.07, 6.45) is 8.00. The molecular weight excluding hydrogens is 464 g/mol. The van der Waals surface area contributed by atoms with Gasteiger partial charge < -0.3 is 4.90 Å². The van der Waals surface area contributed by atoms with Crippen molar-refractivity contribution in [2.24, 2.45) is 7.05 Å². The average Bonchev–Trinajstić information content (AvgIpc) is 3.44. The van der Waals surface area contributed by atoms with Crippen molar-refractivity contribution in [2.75, 3.05) is 26.2 Å². The van der Waals surface area contributed by atoms with E-state index in [4.69, 9.17) is 0 Å². The van der Waals surface area contributed by atoms with E-state index in [-0.39, 0.29) is 23.9 Å². The predicted octanol–water partition coefficient (Wildman–Crippen LogP) is 0.228. The molecule has 154 valence electrons. The van der Waals surface area contributed by atoms with E-state index in [9.17, 15) is 13.2 Å². The Hall–Kier alpha value is -2.51. The third-order valence-electron chi connectivity index (χ3n) is 4.60. The molecule has 1 aliphatic rings. The number of halogens is 1. The van der Waals surface area contributed by atoms with Crippen molar-refractivity contribution in [3.8, 4) is 0 Å². The zero-order valence-corrected chi connectivity index (χ0v) is 18.0. The summed E-state index contributed by atoms with van der Waals surface area (Å²) in [5, 5.41) is 12.4. The summed E-state index contributed by atoms with van der Waals surface area (Å²) in [6.45, 7) is 1.45. The van der Waals surface area contributed by atoms with Gasteiger partial charge >= 0.3 is 0 Å². The van der Waals surface area contributed by atoms with Crippen LogP contribution >= 0.6 is 15.9 Å². The van der Waals surface area contributed by atoms with Gasteiger partial charge in [-0.05, 0) is 22.0 Å². The van der Waals surface area contributed by atoms with Gasteiger partial charge in [0.25, 0.3) is 5.91 Å². The van der Waals surface area contributed by atoms with Crippen molar-refractivity contribution in [2.45, 2.75) is 11.6 Å². The normalized spacial score (nSPS) is 15.7. The highest BCUT2D eigenvalue weighted by Gasteiger charge is 2.31. The maximum Gasteiger partial charge on any atom is 0.274 e. The fraction of sp³-hybridized carbons (Fsp3) is 0.375. The van der Waals surface area contributed by atoms with E-state index >= 15 is 0 Å². The number of carbonyl (C=O) groups is 1. The Bertz CT molecular complexity index is 1130.